The van der Waals surface area contributed by atoms with Crippen LogP contribution in [0.25, 0.3) is 10.8 Å². The smallest absolute Gasteiger partial charge is 0.410 e. The molecule has 2 heterocycles. The van der Waals surface area contributed by atoms with Crippen LogP contribution >= 0.6 is 0 Å². The molecule has 1 N–H and O–H groups in total. The Morgan fingerprint density at radius 1 is 1.30 bits per heavy atom. The van der Waals surface area contributed by atoms with E-state index in [4.69, 9.17) is 9.47 Å². The van der Waals surface area contributed by atoms with Crippen LogP contribution in [-0.2, 0) is 4.74 Å². The summed E-state index contributed by atoms with van der Waals surface area (Å²) in [7, 11) is 1.45. The molecule has 6 nitrogen and oxygen atoms in total. The lowest BCUT2D eigenvalue weighted by molar-refractivity contribution is 0.0206. The minimum absolute atomic E-state index is 0.0421. The van der Waals surface area contributed by atoms with Crippen molar-refractivity contribution in [3.8, 4) is 5.75 Å². The zero-order valence-electron chi connectivity index (χ0n) is 16.2. The minimum Gasteiger partial charge on any atom is -0.493 e. The average molecular weight is 375 g/mol. The molecule has 0 spiro atoms. The van der Waals surface area contributed by atoms with Gasteiger partial charge < -0.3 is 19.7 Å². The van der Waals surface area contributed by atoms with E-state index < -0.39 is 11.4 Å². The lowest BCUT2D eigenvalue weighted by atomic mass is 10.1. The summed E-state index contributed by atoms with van der Waals surface area (Å²) in [6.07, 6.45) is 3.11. The Morgan fingerprint density at radius 3 is 2.78 bits per heavy atom. The van der Waals surface area contributed by atoms with E-state index in [2.05, 4.69) is 10.3 Å². The van der Waals surface area contributed by atoms with Crippen molar-refractivity contribution in [3.05, 3.63) is 30.2 Å². The van der Waals surface area contributed by atoms with Gasteiger partial charge in [-0.05, 0) is 51.8 Å². The Hall–Kier alpha value is -2.57. The number of nitrogens with zero attached hydrogens (tertiary/aromatic N) is 2. The van der Waals surface area contributed by atoms with Gasteiger partial charge in [0.25, 0.3) is 0 Å². The molecule has 0 saturated carbocycles. The van der Waals surface area contributed by atoms with Gasteiger partial charge in [0.2, 0.25) is 0 Å². The van der Waals surface area contributed by atoms with Crippen LogP contribution in [-0.4, -0.2) is 47.8 Å². The molecule has 1 amide bonds. The predicted octanol–water partition coefficient (Wildman–Crippen LogP) is 4.19. The molecule has 0 bridgehead atoms. The summed E-state index contributed by atoms with van der Waals surface area (Å²) in [5.74, 6) is 0.453. The molecule has 1 fully saturated rings. The van der Waals surface area contributed by atoms with Crippen LogP contribution in [0.1, 0.15) is 33.6 Å². The minimum atomic E-state index is -0.519. The SMILES string of the molecule is COc1c(F)ccc2c(N[C@@H]3CCCN(C(=O)OC(C)(C)C)C3)nccc12. The zero-order valence-corrected chi connectivity index (χ0v) is 16.2. The first-order chi connectivity index (χ1) is 12.8. The number of carbonyl (C=O) groups excluding carboxylic acids is 1. The van der Waals surface area contributed by atoms with Crippen molar-refractivity contribution in [1.82, 2.24) is 9.88 Å². The van der Waals surface area contributed by atoms with Crippen LogP contribution < -0.4 is 10.1 Å². The van der Waals surface area contributed by atoms with Gasteiger partial charge in [0.1, 0.15) is 11.4 Å². The van der Waals surface area contributed by atoms with E-state index in [0.29, 0.717) is 24.3 Å². The standard InChI is InChI=1S/C20H26FN3O3/c1-20(2,3)27-19(25)24-11-5-6-13(12-24)23-18-15-7-8-16(21)17(26-4)14(15)9-10-22-18/h7-10,13H,5-6,11-12H2,1-4H3,(H,22,23)/t13-/m1/s1. The maximum absolute atomic E-state index is 14.0. The number of hydrogen-bond acceptors (Lipinski definition) is 5. The van der Waals surface area contributed by atoms with Gasteiger partial charge in [0.15, 0.2) is 11.6 Å². The quantitative estimate of drug-likeness (QED) is 0.871. The third-order valence-corrected chi connectivity index (χ3v) is 4.47. The fourth-order valence-electron chi connectivity index (χ4n) is 3.30. The summed E-state index contributed by atoms with van der Waals surface area (Å²) >= 11 is 0. The number of piperidine rings is 1. The molecular formula is C20H26FN3O3. The Morgan fingerprint density at radius 2 is 2.07 bits per heavy atom. The number of likely N-dealkylation sites (tertiary alicyclic amines) is 1. The molecule has 0 radical (unpaired) electrons. The number of hydrogen-bond donors (Lipinski definition) is 1. The van der Waals surface area contributed by atoms with E-state index in [-0.39, 0.29) is 17.9 Å². The van der Waals surface area contributed by atoms with Gasteiger partial charge >= 0.3 is 6.09 Å². The number of pyridine rings is 1. The topological polar surface area (TPSA) is 63.7 Å². The molecule has 2 aromatic rings. The highest BCUT2D eigenvalue weighted by molar-refractivity contribution is 5.96. The fourth-order valence-corrected chi connectivity index (χ4v) is 3.30. The number of nitrogens with one attached hydrogen (secondary N) is 1. The second kappa shape index (κ2) is 7.58. The number of amides is 1. The van der Waals surface area contributed by atoms with Gasteiger partial charge in [0.05, 0.1) is 7.11 Å². The van der Waals surface area contributed by atoms with Crippen molar-refractivity contribution in [2.75, 3.05) is 25.5 Å². The third kappa shape index (κ3) is 4.40. The van der Waals surface area contributed by atoms with Crippen LogP contribution in [0.2, 0.25) is 0 Å². The summed E-state index contributed by atoms with van der Waals surface area (Å²) < 4.78 is 24.6. The monoisotopic (exact) mass is 375 g/mol. The first kappa shape index (κ1) is 19.2. The van der Waals surface area contributed by atoms with E-state index in [1.807, 2.05) is 20.8 Å². The molecular weight excluding hydrogens is 349 g/mol. The Bertz CT molecular complexity index is 835. The molecule has 3 rings (SSSR count). The average Bonchev–Trinajstić information content (AvgIpc) is 2.60. The van der Waals surface area contributed by atoms with Crippen LogP contribution in [0.4, 0.5) is 15.0 Å². The Kier molecular flexibility index (Phi) is 5.39. The van der Waals surface area contributed by atoms with Crippen molar-refractivity contribution in [3.63, 3.8) is 0 Å². The second-order valence-electron chi connectivity index (χ2n) is 7.75. The van der Waals surface area contributed by atoms with Crippen molar-refractivity contribution >= 4 is 22.7 Å². The van der Waals surface area contributed by atoms with Gasteiger partial charge in [-0.15, -0.1) is 0 Å². The molecule has 1 aromatic heterocycles. The molecule has 1 atom stereocenters. The summed E-state index contributed by atoms with van der Waals surface area (Å²) in [5, 5.41) is 4.85. The molecule has 1 saturated heterocycles. The molecule has 7 heteroatoms. The van der Waals surface area contributed by atoms with E-state index in [0.717, 1.165) is 18.2 Å². The first-order valence-electron chi connectivity index (χ1n) is 9.14. The number of aromatic nitrogens is 1. The molecule has 1 aliphatic heterocycles. The lowest BCUT2D eigenvalue weighted by Gasteiger charge is -2.34. The number of fused-ring (bicyclic) bond motifs is 1. The molecule has 0 aliphatic carbocycles. The van der Waals surface area contributed by atoms with Crippen molar-refractivity contribution < 1.29 is 18.7 Å². The lowest BCUT2D eigenvalue weighted by Crippen LogP contribution is -2.47. The molecule has 27 heavy (non-hydrogen) atoms. The maximum Gasteiger partial charge on any atom is 0.410 e. The highest BCUT2D eigenvalue weighted by atomic mass is 19.1. The number of benzene rings is 1. The summed E-state index contributed by atoms with van der Waals surface area (Å²) in [6.45, 7) is 6.78. The molecule has 0 unspecified atom stereocenters. The van der Waals surface area contributed by atoms with Crippen molar-refractivity contribution in [2.24, 2.45) is 0 Å². The fraction of sp³-hybridized carbons (Fsp3) is 0.500. The van der Waals surface area contributed by atoms with Gasteiger partial charge in [-0.3, -0.25) is 0 Å². The summed E-state index contributed by atoms with van der Waals surface area (Å²) in [6, 6.07) is 4.84. The number of ether oxygens (including phenoxy) is 2. The van der Waals surface area contributed by atoms with Gasteiger partial charge in [-0.1, -0.05) is 0 Å². The van der Waals surface area contributed by atoms with Crippen LogP contribution in [0.3, 0.4) is 0 Å². The first-order valence-corrected chi connectivity index (χ1v) is 9.14. The largest absolute Gasteiger partial charge is 0.493 e. The number of methoxy groups -OCH3 is 1. The molecule has 1 aromatic carbocycles. The number of halogens is 1. The number of rotatable bonds is 3. The molecule has 146 valence electrons. The van der Waals surface area contributed by atoms with E-state index in [1.54, 1.807) is 23.2 Å². The highest BCUT2D eigenvalue weighted by Crippen LogP contribution is 2.32. The zero-order chi connectivity index (χ0) is 19.6. The maximum atomic E-state index is 14.0. The van der Waals surface area contributed by atoms with Crippen LogP contribution in [0, 0.1) is 5.82 Å². The number of anilines is 1. The van der Waals surface area contributed by atoms with Crippen LogP contribution in [0.15, 0.2) is 24.4 Å². The third-order valence-electron chi connectivity index (χ3n) is 4.47. The van der Waals surface area contributed by atoms with Crippen molar-refractivity contribution in [1.29, 1.82) is 0 Å². The predicted molar refractivity (Wildman–Crippen MR) is 103 cm³/mol. The van der Waals surface area contributed by atoms with Crippen molar-refractivity contribution in [2.45, 2.75) is 45.3 Å². The Labute approximate surface area is 158 Å². The second-order valence-corrected chi connectivity index (χ2v) is 7.75. The highest BCUT2D eigenvalue weighted by Gasteiger charge is 2.28. The van der Waals surface area contributed by atoms with Gasteiger partial charge in [-0.25, -0.2) is 14.2 Å². The Balaban J connectivity index is 1.78. The summed E-state index contributed by atoms with van der Waals surface area (Å²) in [5.41, 5.74) is -0.519. The van der Waals surface area contributed by atoms with E-state index in [1.165, 1.54) is 13.2 Å². The summed E-state index contributed by atoms with van der Waals surface area (Å²) in [4.78, 5) is 18.5. The van der Waals surface area contributed by atoms with E-state index in [9.17, 15) is 9.18 Å². The van der Waals surface area contributed by atoms with Gasteiger partial charge in [0, 0.05) is 36.1 Å². The number of carbonyl (C=O) groups is 1. The van der Waals surface area contributed by atoms with E-state index >= 15 is 0 Å². The molecule has 1 aliphatic rings. The normalized spacial score (nSPS) is 17.7. The van der Waals surface area contributed by atoms with Crippen LogP contribution in [0.5, 0.6) is 5.75 Å². The van der Waals surface area contributed by atoms with Gasteiger partial charge in [-0.2, -0.15) is 0 Å².